The Balaban J connectivity index is 0.00000137. The van der Waals surface area contributed by atoms with Crippen LogP contribution < -0.4 is 10.5 Å². The van der Waals surface area contributed by atoms with E-state index >= 15 is 0 Å². The molecule has 0 heterocycles. The van der Waals surface area contributed by atoms with E-state index in [-0.39, 0.29) is 6.42 Å². The molecule has 1 aromatic rings. The maximum absolute atomic E-state index is 10.6. The van der Waals surface area contributed by atoms with Crippen molar-refractivity contribution in [3.8, 4) is 5.75 Å². The summed E-state index contributed by atoms with van der Waals surface area (Å²) in [6.45, 7) is 1.31. The van der Waals surface area contributed by atoms with Crippen molar-refractivity contribution >= 4 is 11.9 Å². The molecule has 0 spiro atoms. The minimum absolute atomic E-state index is 0.246. The predicted molar refractivity (Wildman–Crippen MR) is 64.1 cm³/mol. The van der Waals surface area contributed by atoms with Crippen LogP contribution >= 0.6 is 0 Å². The average molecular weight is 257 g/mol. The zero-order chi connectivity index (χ0) is 14.1. The van der Waals surface area contributed by atoms with Gasteiger partial charge in [-0.2, -0.15) is 0 Å². The average Bonchev–Trinajstić information content (AvgIpc) is 2.33. The SMILES string of the molecule is CC(=O)Oc1ccc(CC(N)C(=O)O)cc1.CF. The molecule has 0 saturated carbocycles. The van der Waals surface area contributed by atoms with Crippen molar-refractivity contribution in [1.29, 1.82) is 0 Å². The normalized spacial score (nSPS) is 10.9. The number of benzene rings is 1. The summed E-state index contributed by atoms with van der Waals surface area (Å²) >= 11 is 0. The molecule has 3 N–H and O–H groups in total. The molecule has 0 aliphatic rings. The first-order valence-corrected chi connectivity index (χ1v) is 5.12. The van der Waals surface area contributed by atoms with Gasteiger partial charge in [-0.1, -0.05) is 12.1 Å². The number of esters is 1. The first-order valence-electron chi connectivity index (χ1n) is 5.12. The number of rotatable bonds is 4. The third-order valence-electron chi connectivity index (χ3n) is 1.96. The first-order chi connectivity index (χ1) is 8.49. The molecule has 0 aliphatic heterocycles. The number of halogens is 1. The van der Waals surface area contributed by atoms with Gasteiger partial charge in [0.25, 0.3) is 0 Å². The Bertz CT molecular complexity index is 392. The highest BCUT2D eigenvalue weighted by atomic mass is 19.1. The fourth-order valence-electron chi connectivity index (χ4n) is 1.20. The molecule has 1 rings (SSSR count). The molecule has 1 aromatic carbocycles. The molecule has 0 aliphatic carbocycles. The van der Waals surface area contributed by atoms with Crippen LogP contribution in [-0.4, -0.2) is 30.3 Å². The number of hydrogen-bond acceptors (Lipinski definition) is 4. The van der Waals surface area contributed by atoms with Gasteiger partial charge in [0.15, 0.2) is 0 Å². The van der Waals surface area contributed by atoms with Crippen LogP contribution in [-0.2, 0) is 16.0 Å². The summed E-state index contributed by atoms with van der Waals surface area (Å²) in [4.78, 5) is 21.2. The molecular weight excluding hydrogens is 241 g/mol. The Morgan fingerprint density at radius 3 is 2.22 bits per heavy atom. The highest BCUT2D eigenvalue weighted by Gasteiger charge is 2.11. The number of carboxylic acids is 1. The second kappa shape index (κ2) is 8.19. The van der Waals surface area contributed by atoms with E-state index in [9.17, 15) is 14.0 Å². The summed E-state index contributed by atoms with van der Waals surface area (Å²) in [5, 5.41) is 8.62. The monoisotopic (exact) mass is 257 g/mol. The van der Waals surface area contributed by atoms with Crippen LogP contribution in [0, 0.1) is 0 Å². The van der Waals surface area contributed by atoms with Crippen molar-refractivity contribution in [3.63, 3.8) is 0 Å². The van der Waals surface area contributed by atoms with Gasteiger partial charge in [-0.15, -0.1) is 0 Å². The maximum atomic E-state index is 10.6. The molecule has 1 atom stereocenters. The first kappa shape index (κ1) is 16.1. The van der Waals surface area contributed by atoms with Crippen LogP contribution in [0.2, 0.25) is 0 Å². The molecule has 0 aromatic heterocycles. The van der Waals surface area contributed by atoms with Crippen LogP contribution in [0.25, 0.3) is 0 Å². The van der Waals surface area contributed by atoms with Gasteiger partial charge in [-0.25, -0.2) is 0 Å². The van der Waals surface area contributed by atoms with Gasteiger partial charge in [0.2, 0.25) is 0 Å². The number of carbonyl (C=O) groups is 2. The molecule has 18 heavy (non-hydrogen) atoms. The van der Waals surface area contributed by atoms with Crippen molar-refractivity contribution in [2.24, 2.45) is 5.73 Å². The third kappa shape index (κ3) is 5.95. The van der Waals surface area contributed by atoms with Crippen LogP contribution in [0.1, 0.15) is 12.5 Å². The van der Waals surface area contributed by atoms with Crippen molar-refractivity contribution < 1.29 is 23.8 Å². The number of ether oxygens (including phenoxy) is 1. The Morgan fingerprint density at radius 2 is 1.83 bits per heavy atom. The number of carboxylic acid groups (broad SMARTS) is 1. The van der Waals surface area contributed by atoms with E-state index < -0.39 is 18.0 Å². The minimum atomic E-state index is -1.04. The van der Waals surface area contributed by atoms with Gasteiger partial charge in [0.05, 0.1) is 7.18 Å². The lowest BCUT2D eigenvalue weighted by Crippen LogP contribution is -2.32. The van der Waals surface area contributed by atoms with Crippen molar-refractivity contribution in [2.45, 2.75) is 19.4 Å². The second-order valence-corrected chi connectivity index (χ2v) is 3.39. The summed E-state index contributed by atoms with van der Waals surface area (Å²) in [6.07, 6.45) is 0.246. The highest BCUT2D eigenvalue weighted by molar-refractivity contribution is 5.73. The second-order valence-electron chi connectivity index (χ2n) is 3.39. The molecule has 0 bridgehead atoms. The highest BCUT2D eigenvalue weighted by Crippen LogP contribution is 2.13. The van der Waals surface area contributed by atoms with Gasteiger partial charge in [0.1, 0.15) is 11.8 Å². The number of nitrogens with two attached hydrogens (primary N) is 1. The number of hydrogen-bond donors (Lipinski definition) is 2. The molecule has 0 fully saturated rings. The molecule has 0 amide bonds. The lowest BCUT2D eigenvalue weighted by Gasteiger charge is -2.07. The van der Waals surface area contributed by atoms with Crippen molar-refractivity contribution in [1.82, 2.24) is 0 Å². The maximum Gasteiger partial charge on any atom is 0.320 e. The molecule has 0 radical (unpaired) electrons. The van der Waals surface area contributed by atoms with Crippen molar-refractivity contribution in [3.05, 3.63) is 29.8 Å². The Kier molecular flexibility index (Phi) is 7.30. The molecule has 0 saturated heterocycles. The van der Waals surface area contributed by atoms with Gasteiger partial charge in [-0.3, -0.25) is 14.0 Å². The van der Waals surface area contributed by atoms with Crippen molar-refractivity contribution in [2.75, 3.05) is 7.18 Å². The molecular formula is C12H16FNO4. The Labute approximate surface area is 104 Å². The fraction of sp³-hybridized carbons (Fsp3) is 0.333. The van der Waals surface area contributed by atoms with Crippen LogP contribution in [0.5, 0.6) is 5.75 Å². The summed E-state index contributed by atoms with van der Waals surface area (Å²) in [6, 6.07) is 5.65. The van der Waals surface area contributed by atoms with Crippen LogP contribution in [0.4, 0.5) is 4.39 Å². The lowest BCUT2D eigenvalue weighted by atomic mass is 10.1. The Morgan fingerprint density at radius 1 is 1.33 bits per heavy atom. The number of alkyl halides is 1. The fourth-order valence-corrected chi connectivity index (χ4v) is 1.20. The third-order valence-corrected chi connectivity index (χ3v) is 1.96. The van der Waals surface area contributed by atoms with Gasteiger partial charge < -0.3 is 15.6 Å². The van der Waals surface area contributed by atoms with Gasteiger partial charge in [0, 0.05) is 6.92 Å². The van der Waals surface area contributed by atoms with E-state index in [0.29, 0.717) is 12.9 Å². The van der Waals surface area contributed by atoms with E-state index in [2.05, 4.69) is 0 Å². The van der Waals surface area contributed by atoms with E-state index in [1.54, 1.807) is 24.3 Å². The summed E-state index contributed by atoms with van der Waals surface area (Å²) in [5.74, 6) is -1.00. The van der Waals surface area contributed by atoms with Crippen LogP contribution in [0.15, 0.2) is 24.3 Å². The Hall–Kier alpha value is -1.95. The smallest absolute Gasteiger partial charge is 0.320 e. The molecule has 6 heteroatoms. The van der Waals surface area contributed by atoms with E-state index in [1.165, 1.54) is 6.92 Å². The number of carbonyl (C=O) groups excluding carboxylic acids is 1. The van der Waals surface area contributed by atoms with Gasteiger partial charge >= 0.3 is 11.9 Å². The zero-order valence-electron chi connectivity index (χ0n) is 10.2. The molecule has 1 unspecified atom stereocenters. The lowest BCUT2D eigenvalue weighted by molar-refractivity contribution is -0.138. The summed E-state index contributed by atoms with van der Waals surface area (Å²) < 4.78 is 14.3. The molecule has 100 valence electrons. The van der Waals surface area contributed by atoms with E-state index in [0.717, 1.165) is 5.56 Å². The standard InChI is InChI=1S/C11H13NO4.CH3F/c1-7(13)16-9-4-2-8(3-5-9)6-10(12)11(14)15;1-2/h2-5,10H,6,12H2,1H3,(H,14,15);1H3. The quantitative estimate of drug-likeness (QED) is 0.624. The topological polar surface area (TPSA) is 89.6 Å². The summed E-state index contributed by atoms with van der Waals surface area (Å²) in [5.41, 5.74) is 6.17. The van der Waals surface area contributed by atoms with Gasteiger partial charge in [-0.05, 0) is 24.1 Å². The van der Waals surface area contributed by atoms with E-state index in [4.69, 9.17) is 15.6 Å². The minimum Gasteiger partial charge on any atom is -0.480 e. The zero-order valence-corrected chi connectivity index (χ0v) is 10.2. The predicted octanol–water partition coefficient (Wildman–Crippen LogP) is 1.15. The summed E-state index contributed by atoms with van der Waals surface area (Å²) in [7, 11) is 0.500. The number of aliphatic carboxylic acids is 1. The van der Waals surface area contributed by atoms with E-state index in [1.807, 2.05) is 0 Å². The van der Waals surface area contributed by atoms with Crippen LogP contribution in [0.3, 0.4) is 0 Å². The molecule has 5 nitrogen and oxygen atoms in total. The largest absolute Gasteiger partial charge is 0.480 e.